The molecule has 0 saturated heterocycles. The van der Waals surface area contributed by atoms with Gasteiger partial charge in [-0.1, -0.05) is 32.1 Å². The fraction of sp³-hybridized carbons (Fsp3) is 0.429. The minimum atomic E-state index is -0.185. The second-order valence-electron chi connectivity index (χ2n) is 4.44. The maximum atomic E-state index is 12.8. The number of hydrogen-bond acceptors (Lipinski definition) is 1. The van der Waals surface area contributed by atoms with Crippen molar-refractivity contribution in [2.24, 2.45) is 5.41 Å². The summed E-state index contributed by atoms with van der Waals surface area (Å²) < 4.78 is 12.8. The highest BCUT2D eigenvalue weighted by molar-refractivity contribution is 5.19. The standard InChI is InChI=1S/C14H20FN/c1-4-14(3,11-16-5-2)10-12-6-8-13(15)9-7-12/h4,6-9,16H,1,5,10-11H2,2-3H3. The van der Waals surface area contributed by atoms with Crippen molar-refractivity contribution < 1.29 is 4.39 Å². The number of benzene rings is 1. The van der Waals surface area contributed by atoms with Gasteiger partial charge in [0, 0.05) is 12.0 Å². The third kappa shape index (κ3) is 3.78. The van der Waals surface area contributed by atoms with E-state index in [0.29, 0.717) is 0 Å². The molecule has 0 amide bonds. The quantitative estimate of drug-likeness (QED) is 0.728. The maximum Gasteiger partial charge on any atom is 0.123 e. The number of nitrogens with one attached hydrogen (secondary N) is 1. The van der Waals surface area contributed by atoms with Crippen molar-refractivity contribution in [2.75, 3.05) is 13.1 Å². The van der Waals surface area contributed by atoms with E-state index >= 15 is 0 Å². The first kappa shape index (κ1) is 12.9. The summed E-state index contributed by atoms with van der Waals surface area (Å²) in [6, 6.07) is 6.68. The van der Waals surface area contributed by atoms with E-state index in [4.69, 9.17) is 0 Å². The zero-order chi connectivity index (χ0) is 12.0. The normalized spacial score (nSPS) is 14.4. The fourth-order valence-electron chi connectivity index (χ4n) is 1.69. The molecular formula is C14H20FN. The van der Waals surface area contributed by atoms with Crippen LogP contribution in [0.15, 0.2) is 36.9 Å². The summed E-state index contributed by atoms with van der Waals surface area (Å²) in [5, 5.41) is 3.33. The Morgan fingerprint density at radius 1 is 1.38 bits per heavy atom. The minimum Gasteiger partial charge on any atom is -0.316 e. The largest absolute Gasteiger partial charge is 0.316 e. The van der Waals surface area contributed by atoms with Gasteiger partial charge in [0.25, 0.3) is 0 Å². The molecule has 0 aliphatic rings. The van der Waals surface area contributed by atoms with Gasteiger partial charge in [0.2, 0.25) is 0 Å². The van der Waals surface area contributed by atoms with Crippen LogP contribution in [-0.4, -0.2) is 13.1 Å². The molecular weight excluding hydrogens is 201 g/mol. The molecule has 0 heterocycles. The van der Waals surface area contributed by atoms with E-state index in [9.17, 15) is 4.39 Å². The van der Waals surface area contributed by atoms with Gasteiger partial charge in [-0.15, -0.1) is 6.58 Å². The van der Waals surface area contributed by atoms with E-state index in [1.165, 1.54) is 12.1 Å². The van der Waals surface area contributed by atoms with Gasteiger partial charge in [0.1, 0.15) is 5.82 Å². The van der Waals surface area contributed by atoms with Gasteiger partial charge < -0.3 is 5.32 Å². The van der Waals surface area contributed by atoms with Crippen LogP contribution in [0, 0.1) is 11.2 Å². The van der Waals surface area contributed by atoms with E-state index in [2.05, 4.69) is 25.7 Å². The van der Waals surface area contributed by atoms with Crippen molar-refractivity contribution in [3.05, 3.63) is 48.3 Å². The number of hydrogen-bond donors (Lipinski definition) is 1. The summed E-state index contributed by atoms with van der Waals surface area (Å²) in [4.78, 5) is 0. The molecule has 1 unspecified atom stereocenters. The maximum absolute atomic E-state index is 12.8. The first-order chi connectivity index (χ1) is 7.59. The Balaban J connectivity index is 2.68. The molecule has 16 heavy (non-hydrogen) atoms. The smallest absolute Gasteiger partial charge is 0.123 e. The Morgan fingerprint density at radius 3 is 2.50 bits per heavy atom. The van der Waals surface area contributed by atoms with E-state index in [1.807, 2.05) is 18.2 Å². The Hall–Kier alpha value is -1.15. The molecule has 1 aromatic carbocycles. The molecule has 1 rings (SSSR count). The third-order valence-corrected chi connectivity index (χ3v) is 2.79. The monoisotopic (exact) mass is 221 g/mol. The van der Waals surface area contributed by atoms with Gasteiger partial charge in [0.05, 0.1) is 0 Å². The summed E-state index contributed by atoms with van der Waals surface area (Å²) in [5.74, 6) is -0.185. The Morgan fingerprint density at radius 2 is 2.00 bits per heavy atom. The highest BCUT2D eigenvalue weighted by Gasteiger charge is 2.19. The van der Waals surface area contributed by atoms with E-state index in [1.54, 1.807) is 0 Å². The molecule has 0 saturated carbocycles. The predicted octanol–water partition coefficient (Wildman–Crippen LogP) is 3.17. The molecule has 0 spiro atoms. The van der Waals surface area contributed by atoms with Gasteiger partial charge in [-0.25, -0.2) is 4.39 Å². The van der Waals surface area contributed by atoms with Crippen molar-refractivity contribution in [3.63, 3.8) is 0 Å². The lowest BCUT2D eigenvalue weighted by Gasteiger charge is -2.26. The number of halogens is 1. The molecule has 1 N–H and O–H groups in total. The van der Waals surface area contributed by atoms with Gasteiger partial charge in [-0.3, -0.25) is 0 Å². The van der Waals surface area contributed by atoms with Crippen LogP contribution in [0.2, 0.25) is 0 Å². The van der Waals surface area contributed by atoms with Gasteiger partial charge in [-0.05, 0) is 30.7 Å². The summed E-state index contributed by atoms with van der Waals surface area (Å²) >= 11 is 0. The molecule has 2 heteroatoms. The second kappa shape index (κ2) is 5.80. The van der Waals surface area contributed by atoms with E-state index < -0.39 is 0 Å². The molecule has 1 nitrogen and oxygen atoms in total. The molecule has 88 valence electrons. The lowest BCUT2D eigenvalue weighted by Crippen LogP contribution is -2.31. The van der Waals surface area contributed by atoms with E-state index in [0.717, 1.165) is 25.1 Å². The zero-order valence-electron chi connectivity index (χ0n) is 10.1. The number of rotatable bonds is 6. The fourth-order valence-corrected chi connectivity index (χ4v) is 1.69. The molecule has 0 bridgehead atoms. The van der Waals surface area contributed by atoms with Crippen LogP contribution in [0.3, 0.4) is 0 Å². The Bertz CT molecular complexity index is 331. The summed E-state index contributed by atoms with van der Waals surface area (Å²) in [6.45, 7) is 9.97. The van der Waals surface area contributed by atoms with Gasteiger partial charge >= 0.3 is 0 Å². The molecule has 1 aromatic rings. The molecule has 0 fully saturated rings. The van der Waals surface area contributed by atoms with Crippen molar-refractivity contribution >= 4 is 0 Å². The molecule has 0 aliphatic heterocycles. The third-order valence-electron chi connectivity index (χ3n) is 2.79. The highest BCUT2D eigenvalue weighted by atomic mass is 19.1. The van der Waals surface area contributed by atoms with Crippen LogP contribution < -0.4 is 5.32 Å². The van der Waals surface area contributed by atoms with Crippen LogP contribution >= 0.6 is 0 Å². The lowest BCUT2D eigenvalue weighted by molar-refractivity contribution is 0.395. The lowest BCUT2D eigenvalue weighted by atomic mass is 9.83. The van der Waals surface area contributed by atoms with Crippen molar-refractivity contribution in [1.82, 2.24) is 5.32 Å². The van der Waals surface area contributed by atoms with Crippen LogP contribution in [0.5, 0.6) is 0 Å². The Labute approximate surface area is 97.4 Å². The van der Waals surface area contributed by atoms with Crippen molar-refractivity contribution in [2.45, 2.75) is 20.3 Å². The molecule has 0 aliphatic carbocycles. The van der Waals surface area contributed by atoms with Gasteiger partial charge in [-0.2, -0.15) is 0 Å². The SMILES string of the molecule is C=CC(C)(CNCC)Cc1ccc(F)cc1. The first-order valence-corrected chi connectivity index (χ1v) is 5.68. The predicted molar refractivity (Wildman–Crippen MR) is 67.0 cm³/mol. The van der Waals surface area contributed by atoms with Crippen molar-refractivity contribution in [1.29, 1.82) is 0 Å². The van der Waals surface area contributed by atoms with E-state index in [-0.39, 0.29) is 11.2 Å². The highest BCUT2D eigenvalue weighted by Crippen LogP contribution is 2.23. The second-order valence-corrected chi connectivity index (χ2v) is 4.44. The molecule has 0 radical (unpaired) electrons. The summed E-state index contributed by atoms with van der Waals surface area (Å²) in [6.07, 6.45) is 2.85. The van der Waals surface area contributed by atoms with Crippen LogP contribution in [0.1, 0.15) is 19.4 Å². The summed E-state index contributed by atoms with van der Waals surface area (Å²) in [5.41, 5.74) is 1.16. The summed E-state index contributed by atoms with van der Waals surface area (Å²) in [7, 11) is 0. The Kier molecular flexibility index (Phi) is 4.69. The van der Waals surface area contributed by atoms with Crippen LogP contribution in [0.25, 0.3) is 0 Å². The van der Waals surface area contributed by atoms with Crippen molar-refractivity contribution in [3.8, 4) is 0 Å². The average Bonchev–Trinajstić information content (AvgIpc) is 2.30. The van der Waals surface area contributed by atoms with Crippen LogP contribution in [-0.2, 0) is 6.42 Å². The molecule has 1 atom stereocenters. The first-order valence-electron chi connectivity index (χ1n) is 5.68. The molecule has 0 aromatic heterocycles. The average molecular weight is 221 g/mol. The topological polar surface area (TPSA) is 12.0 Å². The van der Waals surface area contributed by atoms with Crippen LogP contribution in [0.4, 0.5) is 4.39 Å². The zero-order valence-corrected chi connectivity index (χ0v) is 10.1. The minimum absolute atomic E-state index is 0.0217. The van der Waals surface area contributed by atoms with Gasteiger partial charge in [0.15, 0.2) is 0 Å².